The molecule has 0 N–H and O–H groups in total. The van der Waals surface area contributed by atoms with Gasteiger partial charge in [-0.05, 0) is 51.9 Å². The molecule has 0 bridgehead atoms. The average Bonchev–Trinajstić information content (AvgIpc) is 3.05. The first-order chi connectivity index (χ1) is 15.5. The lowest BCUT2D eigenvalue weighted by Crippen LogP contribution is -2.28. The summed E-state index contributed by atoms with van der Waals surface area (Å²) in [7, 11) is 1.51. The Morgan fingerprint density at radius 2 is 1.94 bits per heavy atom. The average molecular weight is 464 g/mol. The normalized spacial score (nSPS) is 14.8. The summed E-state index contributed by atoms with van der Waals surface area (Å²) < 4.78 is 11.5. The number of benzene rings is 3. The second kappa shape index (κ2) is 9.39. The van der Waals surface area contributed by atoms with Gasteiger partial charge in [0.2, 0.25) is 0 Å². The van der Waals surface area contributed by atoms with Crippen molar-refractivity contribution in [2.45, 2.75) is 6.61 Å². The van der Waals surface area contributed by atoms with Gasteiger partial charge in [-0.1, -0.05) is 60.0 Å². The smallest absolute Gasteiger partial charge is 0.294 e. The highest BCUT2D eigenvalue weighted by molar-refractivity contribution is 8.18. The van der Waals surface area contributed by atoms with Crippen LogP contribution in [-0.2, 0) is 11.4 Å². The van der Waals surface area contributed by atoms with E-state index in [4.69, 9.17) is 27.5 Å². The van der Waals surface area contributed by atoms with Gasteiger partial charge >= 0.3 is 0 Å². The first-order valence-electron chi connectivity index (χ1n) is 9.67. The van der Waals surface area contributed by atoms with Crippen molar-refractivity contribution in [2.24, 2.45) is 0 Å². The largest absolute Gasteiger partial charge is 0.493 e. The molecule has 0 saturated carbocycles. The number of nitrogens with zero attached hydrogens (tertiary/aromatic N) is 1. The van der Waals surface area contributed by atoms with E-state index >= 15 is 0 Å². The summed E-state index contributed by atoms with van der Waals surface area (Å²) in [6.45, 7) is 0.245. The fourth-order valence-electron chi connectivity index (χ4n) is 3.41. The number of carbonyl (C=O) groups is 2. The van der Waals surface area contributed by atoms with Gasteiger partial charge in [0.15, 0.2) is 11.5 Å². The quantitative estimate of drug-likeness (QED) is 0.344. The maximum absolute atomic E-state index is 12.4. The number of hydrogen-bond donors (Lipinski definition) is 0. The van der Waals surface area contributed by atoms with Crippen LogP contribution in [0.15, 0.2) is 59.5 Å². The van der Waals surface area contributed by atoms with Crippen LogP contribution in [0.3, 0.4) is 0 Å². The van der Waals surface area contributed by atoms with Gasteiger partial charge in [-0.2, -0.15) is 0 Å². The molecule has 1 fully saturated rings. The van der Waals surface area contributed by atoms with Gasteiger partial charge in [0.1, 0.15) is 6.61 Å². The third kappa shape index (κ3) is 4.31. The van der Waals surface area contributed by atoms with Crippen LogP contribution in [0.2, 0.25) is 5.02 Å². The van der Waals surface area contributed by atoms with Crippen LogP contribution in [0.25, 0.3) is 16.8 Å². The van der Waals surface area contributed by atoms with Gasteiger partial charge < -0.3 is 9.47 Å². The second-order valence-electron chi connectivity index (χ2n) is 6.93. The molecular formula is C25H18ClNO4S. The summed E-state index contributed by atoms with van der Waals surface area (Å²) in [5.41, 5.74) is 1.63. The molecule has 1 aliphatic heterocycles. The van der Waals surface area contributed by atoms with Crippen molar-refractivity contribution in [1.82, 2.24) is 4.90 Å². The van der Waals surface area contributed by atoms with Gasteiger partial charge in [0.05, 0.1) is 23.6 Å². The molecule has 0 atom stereocenters. The number of rotatable bonds is 6. The van der Waals surface area contributed by atoms with Crippen molar-refractivity contribution in [3.63, 3.8) is 0 Å². The molecule has 1 saturated heterocycles. The van der Waals surface area contributed by atoms with E-state index in [0.717, 1.165) is 33.0 Å². The van der Waals surface area contributed by atoms with Gasteiger partial charge in [0, 0.05) is 0 Å². The lowest BCUT2D eigenvalue weighted by atomic mass is 10.1. The summed E-state index contributed by atoms with van der Waals surface area (Å²) in [5, 5.41) is 2.16. The van der Waals surface area contributed by atoms with E-state index in [0.29, 0.717) is 28.7 Å². The fourth-order valence-corrected chi connectivity index (χ4v) is 4.52. The van der Waals surface area contributed by atoms with E-state index < -0.39 is 11.1 Å². The molecule has 7 heteroatoms. The van der Waals surface area contributed by atoms with Crippen LogP contribution in [-0.4, -0.2) is 29.7 Å². The van der Waals surface area contributed by atoms with E-state index in [9.17, 15) is 9.59 Å². The molecular weight excluding hydrogens is 446 g/mol. The number of carbonyl (C=O) groups excluding carboxylic acids is 2. The number of fused-ring (bicyclic) bond motifs is 1. The lowest BCUT2D eigenvalue weighted by Gasteiger charge is -2.14. The topological polar surface area (TPSA) is 55.8 Å². The standard InChI is InChI=1S/C25H18ClNO4S/c1-3-11-27-24(28)22(32-25(27)29)14-16-12-20(26)23(21(13-16)30-2)31-15-18-9-6-8-17-7-4-5-10-19(17)18/h1,4-10,12-14H,11,15H2,2H3/b22-14+. The number of amides is 2. The van der Waals surface area contributed by atoms with E-state index in [1.165, 1.54) is 7.11 Å². The van der Waals surface area contributed by atoms with Gasteiger partial charge in [-0.25, -0.2) is 0 Å². The van der Waals surface area contributed by atoms with Crippen LogP contribution in [0, 0.1) is 12.3 Å². The van der Waals surface area contributed by atoms with Crippen molar-refractivity contribution in [2.75, 3.05) is 13.7 Å². The van der Waals surface area contributed by atoms with Crippen LogP contribution in [0.4, 0.5) is 4.79 Å². The zero-order valence-electron chi connectivity index (χ0n) is 17.1. The minimum absolute atomic E-state index is 0.0625. The molecule has 1 heterocycles. The summed E-state index contributed by atoms with van der Waals surface area (Å²) in [6.07, 6.45) is 6.82. The van der Waals surface area contributed by atoms with Crippen molar-refractivity contribution >= 4 is 51.4 Å². The second-order valence-corrected chi connectivity index (χ2v) is 8.33. The lowest BCUT2D eigenvalue weighted by molar-refractivity contribution is -0.122. The molecule has 32 heavy (non-hydrogen) atoms. The zero-order valence-corrected chi connectivity index (χ0v) is 18.7. The number of imide groups is 1. The highest BCUT2D eigenvalue weighted by Crippen LogP contribution is 2.39. The Kier molecular flexibility index (Phi) is 6.40. The molecule has 0 radical (unpaired) electrons. The highest BCUT2D eigenvalue weighted by atomic mass is 35.5. The van der Waals surface area contributed by atoms with Crippen LogP contribution >= 0.6 is 23.4 Å². The van der Waals surface area contributed by atoms with Crippen LogP contribution in [0.1, 0.15) is 11.1 Å². The Hall–Kier alpha value is -3.40. The van der Waals surface area contributed by atoms with Gasteiger partial charge in [-0.3, -0.25) is 14.5 Å². The summed E-state index contributed by atoms with van der Waals surface area (Å²) in [6, 6.07) is 17.5. The molecule has 0 unspecified atom stereocenters. The number of terminal acetylenes is 1. The Morgan fingerprint density at radius 1 is 1.16 bits per heavy atom. The highest BCUT2D eigenvalue weighted by Gasteiger charge is 2.34. The third-order valence-electron chi connectivity index (χ3n) is 4.92. The number of hydrogen-bond acceptors (Lipinski definition) is 5. The maximum Gasteiger partial charge on any atom is 0.294 e. The van der Waals surface area contributed by atoms with E-state index in [1.54, 1.807) is 18.2 Å². The van der Waals surface area contributed by atoms with Crippen molar-refractivity contribution in [3.8, 4) is 23.8 Å². The molecule has 0 aromatic heterocycles. The Bertz CT molecular complexity index is 1290. The summed E-state index contributed by atoms with van der Waals surface area (Å²) >= 11 is 7.33. The number of ether oxygens (including phenoxy) is 2. The predicted octanol–water partition coefficient (Wildman–Crippen LogP) is 5.75. The zero-order chi connectivity index (χ0) is 22.7. The van der Waals surface area contributed by atoms with Crippen molar-refractivity contribution < 1.29 is 19.1 Å². The third-order valence-corrected chi connectivity index (χ3v) is 6.11. The maximum atomic E-state index is 12.4. The Morgan fingerprint density at radius 3 is 2.72 bits per heavy atom. The number of thioether (sulfide) groups is 1. The molecule has 160 valence electrons. The number of methoxy groups -OCH3 is 1. The Labute approximate surface area is 194 Å². The van der Waals surface area contributed by atoms with Gasteiger partial charge in [-0.15, -0.1) is 6.42 Å². The van der Waals surface area contributed by atoms with Crippen LogP contribution < -0.4 is 9.47 Å². The summed E-state index contributed by atoms with van der Waals surface area (Å²) in [4.78, 5) is 25.7. The predicted molar refractivity (Wildman–Crippen MR) is 128 cm³/mol. The van der Waals surface area contributed by atoms with E-state index in [1.807, 2.05) is 42.5 Å². The van der Waals surface area contributed by atoms with E-state index in [2.05, 4.69) is 5.92 Å². The molecule has 0 spiro atoms. The molecule has 1 aliphatic rings. The first kappa shape index (κ1) is 21.8. The molecule has 3 aromatic rings. The molecule has 0 aliphatic carbocycles. The van der Waals surface area contributed by atoms with Crippen LogP contribution in [0.5, 0.6) is 11.5 Å². The molecule has 2 amide bonds. The SMILES string of the molecule is C#CCN1C(=O)S/C(=C/c2cc(Cl)c(OCc3cccc4ccccc34)c(OC)c2)C1=O. The van der Waals surface area contributed by atoms with E-state index in [-0.39, 0.29) is 11.4 Å². The fraction of sp³-hybridized carbons (Fsp3) is 0.120. The molecule has 5 nitrogen and oxygen atoms in total. The summed E-state index contributed by atoms with van der Waals surface area (Å²) in [5.74, 6) is 2.71. The van der Waals surface area contributed by atoms with Gasteiger partial charge in [0.25, 0.3) is 11.1 Å². The van der Waals surface area contributed by atoms with Crippen molar-refractivity contribution in [3.05, 3.63) is 75.7 Å². The minimum Gasteiger partial charge on any atom is -0.493 e. The molecule has 4 rings (SSSR count). The Balaban J connectivity index is 1.60. The minimum atomic E-state index is -0.427. The monoisotopic (exact) mass is 463 g/mol. The number of halogens is 1. The first-order valence-corrected chi connectivity index (χ1v) is 10.9. The van der Waals surface area contributed by atoms with Crippen molar-refractivity contribution in [1.29, 1.82) is 0 Å². The molecule has 3 aromatic carbocycles.